The number of fused-ring (bicyclic) bond motifs is 1. The number of benzene rings is 1. The Balaban J connectivity index is 1.76. The van der Waals surface area contributed by atoms with Crippen LogP contribution in [0.15, 0.2) is 12.1 Å². The van der Waals surface area contributed by atoms with Crippen LogP contribution in [0.4, 0.5) is 0 Å². The van der Waals surface area contributed by atoms with E-state index in [1.807, 2.05) is 12.1 Å². The number of hydrogen-bond donors (Lipinski definition) is 1. The van der Waals surface area contributed by atoms with Crippen molar-refractivity contribution < 1.29 is 14.2 Å². The van der Waals surface area contributed by atoms with Crippen molar-refractivity contribution in [2.24, 2.45) is 11.7 Å². The number of ether oxygens (including phenoxy) is 3. The van der Waals surface area contributed by atoms with Gasteiger partial charge in [0.05, 0.1) is 7.11 Å². The second-order valence-electron chi connectivity index (χ2n) is 5.59. The predicted molar refractivity (Wildman–Crippen MR) is 76.2 cm³/mol. The van der Waals surface area contributed by atoms with E-state index < -0.39 is 0 Å². The molecule has 1 unspecified atom stereocenters. The predicted octanol–water partition coefficient (Wildman–Crippen LogP) is 1.59. The molecule has 1 saturated carbocycles. The lowest BCUT2D eigenvalue weighted by atomic mass is 10.1. The molecule has 5 nitrogen and oxygen atoms in total. The molecule has 1 aromatic rings. The van der Waals surface area contributed by atoms with E-state index in [-0.39, 0.29) is 6.79 Å². The minimum atomic E-state index is 0.262. The number of likely N-dealkylation sites (N-methyl/N-ethyl adjacent to an activating group) is 1. The van der Waals surface area contributed by atoms with E-state index in [4.69, 9.17) is 19.9 Å². The Morgan fingerprint density at radius 2 is 2.20 bits per heavy atom. The molecule has 0 aromatic heterocycles. The Morgan fingerprint density at radius 3 is 2.85 bits per heavy atom. The van der Waals surface area contributed by atoms with E-state index in [2.05, 4.69) is 11.9 Å². The van der Waals surface area contributed by atoms with Crippen LogP contribution in [0.25, 0.3) is 0 Å². The first-order valence-corrected chi connectivity index (χ1v) is 7.09. The van der Waals surface area contributed by atoms with E-state index in [1.54, 1.807) is 7.11 Å². The standard InChI is InChI=1S/C15H22N2O3/c1-17(12(7-16)11-3-4-11)8-10-5-13(18-2)15-14(6-10)19-9-20-15/h5-6,11-12H,3-4,7-9,16H2,1-2H3. The molecule has 1 heterocycles. The van der Waals surface area contributed by atoms with Gasteiger partial charge in [-0.2, -0.15) is 0 Å². The smallest absolute Gasteiger partial charge is 0.231 e. The van der Waals surface area contributed by atoms with Crippen LogP contribution in [0.2, 0.25) is 0 Å². The van der Waals surface area contributed by atoms with Crippen LogP contribution in [0.3, 0.4) is 0 Å². The Labute approximate surface area is 119 Å². The minimum Gasteiger partial charge on any atom is -0.493 e. The van der Waals surface area contributed by atoms with Gasteiger partial charge in [-0.1, -0.05) is 0 Å². The van der Waals surface area contributed by atoms with Crippen molar-refractivity contribution in [1.82, 2.24) is 4.90 Å². The molecule has 1 aromatic carbocycles. The number of methoxy groups -OCH3 is 1. The summed E-state index contributed by atoms with van der Waals surface area (Å²) >= 11 is 0. The van der Waals surface area contributed by atoms with Gasteiger partial charge >= 0.3 is 0 Å². The molecule has 2 aliphatic rings. The molecule has 1 aliphatic heterocycles. The largest absolute Gasteiger partial charge is 0.493 e. The lowest BCUT2D eigenvalue weighted by molar-refractivity contribution is 0.171. The minimum absolute atomic E-state index is 0.262. The molecule has 0 saturated heterocycles. The van der Waals surface area contributed by atoms with Crippen LogP contribution < -0.4 is 19.9 Å². The lowest BCUT2D eigenvalue weighted by Gasteiger charge is -2.27. The van der Waals surface area contributed by atoms with Crippen LogP contribution in [-0.4, -0.2) is 38.4 Å². The number of hydrogen-bond acceptors (Lipinski definition) is 5. The van der Waals surface area contributed by atoms with Crippen LogP contribution in [0, 0.1) is 5.92 Å². The zero-order valence-corrected chi connectivity index (χ0v) is 12.1. The summed E-state index contributed by atoms with van der Waals surface area (Å²) in [5.41, 5.74) is 7.06. The topological polar surface area (TPSA) is 57.0 Å². The molecule has 0 amide bonds. The van der Waals surface area contributed by atoms with Gasteiger partial charge in [-0.3, -0.25) is 4.90 Å². The van der Waals surface area contributed by atoms with Gasteiger partial charge in [0.1, 0.15) is 0 Å². The molecule has 0 spiro atoms. The second kappa shape index (κ2) is 5.50. The molecule has 1 atom stereocenters. The van der Waals surface area contributed by atoms with Gasteiger partial charge in [-0.25, -0.2) is 0 Å². The van der Waals surface area contributed by atoms with Gasteiger partial charge in [0, 0.05) is 19.1 Å². The molecule has 1 fully saturated rings. The van der Waals surface area contributed by atoms with Crippen molar-refractivity contribution in [2.75, 3.05) is 27.5 Å². The summed E-state index contributed by atoms with van der Waals surface area (Å²) in [5.74, 6) is 2.97. The van der Waals surface area contributed by atoms with Gasteiger partial charge in [-0.05, 0) is 43.5 Å². The Kier molecular flexibility index (Phi) is 3.72. The maximum absolute atomic E-state index is 5.90. The van der Waals surface area contributed by atoms with Crippen molar-refractivity contribution in [3.63, 3.8) is 0 Å². The monoisotopic (exact) mass is 278 g/mol. The second-order valence-corrected chi connectivity index (χ2v) is 5.59. The first kappa shape index (κ1) is 13.5. The van der Waals surface area contributed by atoms with Gasteiger partial charge in [0.15, 0.2) is 11.5 Å². The highest BCUT2D eigenvalue weighted by atomic mass is 16.7. The SMILES string of the molecule is COc1cc(CN(C)C(CN)C2CC2)cc2c1OCO2. The molecule has 1 aliphatic carbocycles. The van der Waals surface area contributed by atoms with Crippen molar-refractivity contribution in [3.05, 3.63) is 17.7 Å². The summed E-state index contributed by atoms with van der Waals surface area (Å²) in [5, 5.41) is 0. The summed E-state index contributed by atoms with van der Waals surface area (Å²) in [4.78, 5) is 2.33. The highest BCUT2D eigenvalue weighted by molar-refractivity contribution is 5.55. The van der Waals surface area contributed by atoms with Gasteiger partial charge in [0.2, 0.25) is 12.5 Å². The molecule has 3 rings (SSSR count). The van der Waals surface area contributed by atoms with E-state index in [1.165, 1.54) is 12.8 Å². The summed E-state index contributed by atoms with van der Waals surface area (Å²) in [6, 6.07) is 4.51. The van der Waals surface area contributed by atoms with Crippen LogP contribution in [-0.2, 0) is 6.54 Å². The lowest BCUT2D eigenvalue weighted by Crippen LogP contribution is -2.39. The third-order valence-electron chi connectivity index (χ3n) is 4.12. The molecular formula is C15H22N2O3. The van der Waals surface area contributed by atoms with Crippen molar-refractivity contribution in [3.8, 4) is 17.2 Å². The van der Waals surface area contributed by atoms with Crippen molar-refractivity contribution >= 4 is 0 Å². The molecule has 110 valence electrons. The highest BCUT2D eigenvalue weighted by Gasteiger charge is 2.33. The first-order chi connectivity index (χ1) is 9.72. The van der Waals surface area contributed by atoms with E-state index in [9.17, 15) is 0 Å². The van der Waals surface area contributed by atoms with Crippen LogP contribution in [0.1, 0.15) is 18.4 Å². The fraction of sp³-hybridized carbons (Fsp3) is 0.600. The quantitative estimate of drug-likeness (QED) is 0.856. The van der Waals surface area contributed by atoms with Gasteiger partial charge < -0.3 is 19.9 Å². The van der Waals surface area contributed by atoms with Crippen molar-refractivity contribution in [2.45, 2.75) is 25.4 Å². The Morgan fingerprint density at radius 1 is 1.40 bits per heavy atom. The Hall–Kier alpha value is -1.46. The van der Waals surface area contributed by atoms with Crippen LogP contribution >= 0.6 is 0 Å². The summed E-state index contributed by atoms with van der Waals surface area (Å²) < 4.78 is 16.3. The zero-order chi connectivity index (χ0) is 14.1. The zero-order valence-electron chi connectivity index (χ0n) is 12.1. The third kappa shape index (κ3) is 2.55. The molecule has 2 N–H and O–H groups in total. The number of nitrogens with zero attached hydrogens (tertiary/aromatic N) is 1. The maximum atomic E-state index is 5.90. The molecule has 0 radical (unpaired) electrons. The highest BCUT2D eigenvalue weighted by Crippen LogP contribution is 2.42. The molecular weight excluding hydrogens is 256 g/mol. The van der Waals surface area contributed by atoms with E-state index >= 15 is 0 Å². The van der Waals surface area contributed by atoms with E-state index in [0.29, 0.717) is 18.3 Å². The number of nitrogens with two attached hydrogens (primary N) is 1. The summed E-state index contributed by atoms with van der Waals surface area (Å²) in [6.45, 7) is 1.81. The fourth-order valence-electron chi connectivity index (χ4n) is 2.89. The average Bonchev–Trinajstić information content (AvgIpc) is 3.15. The molecule has 0 bridgehead atoms. The summed E-state index contributed by atoms with van der Waals surface area (Å²) in [7, 11) is 3.78. The fourth-order valence-corrected chi connectivity index (χ4v) is 2.89. The average molecular weight is 278 g/mol. The first-order valence-electron chi connectivity index (χ1n) is 7.09. The van der Waals surface area contributed by atoms with Crippen LogP contribution in [0.5, 0.6) is 17.2 Å². The summed E-state index contributed by atoms with van der Waals surface area (Å²) in [6.07, 6.45) is 2.60. The molecule has 20 heavy (non-hydrogen) atoms. The van der Waals surface area contributed by atoms with E-state index in [0.717, 1.165) is 29.5 Å². The maximum Gasteiger partial charge on any atom is 0.231 e. The van der Waals surface area contributed by atoms with Crippen molar-refractivity contribution in [1.29, 1.82) is 0 Å². The van der Waals surface area contributed by atoms with Gasteiger partial charge in [0.25, 0.3) is 0 Å². The Bertz CT molecular complexity index is 488. The van der Waals surface area contributed by atoms with Gasteiger partial charge in [-0.15, -0.1) is 0 Å². The number of rotatable bonds is 6. The molecule has 5 heteroatoms. The third-order valence-corrected chi connectivity index (χ3v) is 4.12. The normalized spacial score (nSPS) is 18.4.